The van der Waals surface area contributed by atoms with Crippen LogP contribution in [0, 0.1) is 6.92 Å². The number of carbonyl (C=O) groups excluding carboxylic acids is 2. The van der Waals surface area contributed by atoms with Crippen LogP contribution in [-0.2, 0) is 19.6 Å². The highest BCUT2D eigenvalue weighted by molar-refractivity contribution is 7.92. The summed E-state index contributed by atoms with van der Waals surface area (Å²) in [6.45, 7) is 1.93. The predicted molar refractivity (Wildman–Crippen MR) is 115 cm³/mol. The van der Waals surface area contributed by atoms with E-state index >= 15 is 0 Å². The molecular weight excluding hydrogens is 424 g/mol. The second-order valence-corrected chi connectivity index (χ2v) is 8.90. The number of ether oxygens (including phenoxy) is 3. The number of carbonyl (C=O) groups is 2. The third-order valence-electron chi connectivity index (χ3n) is 4.82. The van der Waals surface area contributed by atoms with Gasteiger partial charge in [-0.2, -0.15) is 0 Å². The number of fused-ring (bicyclic) bond motifs is 1. The molecular formula is C21H24N2O7S. The summed E-state index contributed by atoms with van der Waals surface area (Å²) >= 11 is 0. The lowest BCUT2D eigenvalue weighted by atomic mass is 10.1. The van der Waals surface area contributed by atoms with Crippen LogP contribution in [0.25, 0.3) is 0 Å². The van der Waals surface area contributed by atoms with Gasteiger partial charge in [-0.1, -0.05) is 6.07 Å². The van der Waals surface area contributed by atoms with Gasteiger partial charge in [-0.25, -0.2) is 13.2 Å². The van der Waals surface area contributed by atoms with Gasteiger partial charge in [0.15, 0.2) is 11.5 Å². The van der Waals surface area contributed by atoms with Crippen LogP contribution >= 0.6 is 0 Å². The van der Waals surface area contributed by atoms with Crippen molar-refractivity contribution < 1.29 is 32.2 Å². The molecule has 2 aromatic carbocycles. The molecule has 3 rings (SSSR count). The Bertz CT molecular complexity index is 1100. The molecule has 0 fully saturated rings. The van der Waals surface area contributed by atoms with E-state index in [1.165, 1.54) is 11.4 Å². The van der Waals surface area contributed by atoms with Crippen LogP contribution in [0.2, 0.25) is 0 Å². The minimum absolute atomic E-state index is 0.0917. The first-order valence-corrected chi connectivity index (χ1v) is 11.4. The van der Waals surface area contributed by atoms with Gasteiger partial charge in [-0.15, -0.1) is 0 Å². The van der Waals surface area contributed by atoms with Crippen LogP contribution in [0.1, 0.15) is 28.8 Å². The summed E-state index contributed by atoms with van der Waals surface area (Å²) in [7, 11) is -2.27. The summed E-state index contributed by atoms with van der Waals surface area (Å²) < 4.78 is 41.1. The monoisotopic (exact) mass is 448 g/mol. The molecule has 0 saturated heterocycles. The zero-order chi connectivity index (χ0) is 22.6. The number of rotatable bonds is 8. The van der Waals surface area contributed by atoms with E-state index in [2.05, 4.69) is 5.32 Å². The largest absolute Gasteiger partial charge is 0.465 e. The van der Waals surface area contributed by atoms with E-state index < -0.39 is 16.0 Å². The van der Waals surface area contributed by atoms with Crippen molar-refractivity contribution in [3.63, 3.8) is 0 Å². The molecule has 0 saturated carbocycles. The van der Waals surface area contributed by atoms with Crippen LogP contribution in [0.3, 0.4) is 0 Å². The Hall–Kier alpha value is -3.27. The lowest BCUT2D eigenvalue weighted by Gasteiger charge is -2.22. The molecule has 1 amide bonds. The van der Waals surface area contributed by atoms with Crippen molar-refractivity contribution in [3.05, 3.63) is 47.5 Å². The number of hydrogen-bond donors (Lipinski definition) is 1. The van der Waals surface area contributed by atoms with Gasteiger partial charge < -0.3 is 19.5 Å². The van der Waals surface area contributed by atoms with E-state index in [0.717, 1.165) is 6.26 Å². The lowest BCUT2D eigenvalue weighted by molar-refractivity contribution is -0.116. The van der Waals surface area contributed by atoms with Crippen molar-refractivity contribution in [1.82, 2.24) is 0 Å². The van der Waals surface area contributed by atoms with Crippen LogP contribution in [0.5, 0.6) is 11.5 Å². The Morgan fingerprint density at radius 1 is 1.16 bits per heavy atom. The quantitative estimate of drug-likeness (QED) is 0.618. The maximum atomic E-state index is 12.4. The molecule has 0 aromatic heterocycles. The van der Waals surface area contributed by atoms with Crippen molar-refractivity contribution in [2.75, 3.05) is 36.3 Å². The van der Waals surface area contributed by atoms with Crippen molar-refractivity contribution in [2.45, 2.75) is 19.8 Å². The van der Waals surface area contributed by atoms with Crippen molar-refractivity contribution in [3.8, 4) is 11.5 Å². The summed E-state index contributed by atoms with van der Waals surface area (Å²) in [5, 5.41) is 2.76. The Morgan fingerprint density at radius 3 is 2.61 bits per heavy atom. The molecule has 10 heteroatoms. The Kier molecular flexibility index (Phi) is 6.69. The number of benzene rings is 2. The van der Waals surface area contributed by atoms with Crippen LogP contribution in [0.4, 0.5) is 11.4 Å². The fourth-order valence-corrected chi connectivity index (χ4v) is 4.18. The minimum atomic E-state index is -3.56. The molecule has 1 heterocycles. The fourth-order valence-electron chi connectivity index (χ4n) is 3.22. The first-order chi connectivity index (χ1) is 14.7. The zero-order valence-electron chi connectivity index (χ0n) is 17.5. The number of nitrogens with zero attached hydrogens (tertiary/aromatic N) is 1. The number of sulfonamides is 1. The molecule has 1 aliphatic heterocycles. The van der Waals surface area contributed by atoms with Gasteiger partial charge in [0.05, 0.1) is 24.6 Å². The van der Waals surface area contributed by atoms with Gasteiger partial charge >= 0.3 is 5.97 Å². The average Bonchev–Trinajstić information content (AvgIpc) is 3.19. The number of amides is 1. The van der Waals surface area contributed by atoms with Crippen molar-refractivity contribution in [2.24, 2.45) is 0 Å². The average molecular weight is 448 g/mol. The van der Waals surface area contributed by atoms with Crippen LogP contribution < -0.4 is 19.1 Å². The first-order valence-electron chi connectivity index (χ1n) is 9.56. The molecule has 0 bridgehead atoms. The second-order valence-electron chi connectivity index (χ2n) is 6.99. The maximum Gasteiger partial charge on any atom is 0.338 e. The molecule has 1 N–H and O–H groups in total. The van der Waals surface area contributed by atoms with Gasteiger partial charge in [0.1, 0.15) is 0 Å². The smallest absolute Gasteiger partial charge is 0.338 e. The summed E-state index contributed by atoms with van der Waals surface area (Å²) in [6.07, 6.45) is 1.50. The number of methoxy groups -OCH3 is 1. The predicted octanol–water partition coefficient (Wildman–Crippen LogP) is 2.70. The zero-order valence-corrected chi connectivity index (χ0v) is 18.3. The van der Waals surface area contributed by atoms with Gasteiger partial charge in [-0.05, 0) is 43.2 Å². The molecule has 0 unspecified atom stereocenters. The molecule has 2 aromatic rings. The number of nitrogens with one attached hydrogen (secondary N) is 1. The standard InChI is InChI=1S/C21H24N2O7S/c1-14-16(21(25)28-2)6-4-7-17(14)22-20(24)8-5-11-23(31(3,26)27)15-9-10-18-19(12-15)30-13-29-18/h4,6-7,9-10,12H,5,8,11,13H2,1-3H3,(H,22,24). The lowest BCUT2D eigenvalue weighted by Crippen LogP contribution is -2.31. The molecule has 0 aliphatic carbocycles. The highest BCUT2D eigenvalue weighted by Gasteiger charge is 2.22. The van der Waals surface area contributed by atoms with Gasteiger partial charge in [0.25, 0.3) is 0 Å². The Balaban J connectivity index is 1.64. The van der Waals surface area contributed by atoms with E-state index in [1.807, 2.05) is 0 Å². The highest BCUT2D eigenvalue weighted by atomic mass is 32.2. The van der Waals surface area contributed by atoms with Crippen molar-refractivity contribution >= 4 is 33.3 Å². The van der Waals surface area contributed by atoms with Crippen LogP contribution in [-0.4, -0.2) is 47.0 Å². The van der Waals surface area contributed by atoms with Gasteiger partial charge in [0.2, 0.25) is 22.7 Å². The van der Waals surface area contributed by atoms with E-state index in [-0.39, 0.29) is 25.7 Å². The molecule has 1 aliphatic rings. The second kappa shape index (κ2) is 9.25. The summed E-state index contributed by atoms with van der Waals surface area (Å²) in [6, 6.07) is 9.85. The number of hydrogen-bond acceptors (Lipinski definition) is 7. The SMILES string of the molecule is COC(=O)c1cccc(NC(=O)CCCN(c2ccc3c(c2)OCO3)S(C)(=O)=O)c1C. The van der Waals surface area contributed by atoms with Crippen molar-refractivity contribution in [1.29, 1.82) is 0 Å². The van der Waals surface area contributed by atoms with E-state index in [9.17, 15) is 18.0 Å². The topological polar surface area (TPSA) is 111 Å². The highest BCUT2D eigenvalue weighted by Crippen LogP contribution is 2.36. The van der Waals surface area contributed by atoms with Crippen LogP contribution in [0.15, 0.2) is 36.4 Å². The molecule has 31 heavy (non-hydrogen) atoms. The summed E-state index contributed by atoms with van der Waals surface area (Å²) in [4.78, 5) is 24.2. The van der Waals surface area contributed by atoms with Gasteiger partial charge in [0, 0.05) is 24.7 Å². The normalized spacial score (nSPS) is 12.4. The summed E-state index contributed by atoms with van der Waals surface area (Å²) in [5.41, 5.74) is 1.91. The molecule has 0 atom stereocenters. The van der Waals surface area contributed by atoms with E-state index in [1.54, 1.807) is 43.3 Å². The Morgan fingerprint density at radius 2 is 1.90 bits per heavy atom. The number of esters is 1. The molecule has 166 valence electrons. The first kappa shape index (κ1) is 22.4. The summed E-state index contributed by atoms with van der Waals surface area (Å²) in [5.74, 6) is 0.261. The molecule has 0 radical (unpaired) electrons. The van der Waals surface area contributed by atoms with E-state index in [0.29, 0.717) is 40.4 Å². The third kappa shape index (κ3) is 5.26. The maximum absolute atomic E-state index is 12.4. The fraction of sp³-hybridized carbons (Fsp3) is 0.333. The molecule has 0 spiro atoms. The third-order valence-corrected chi connectivity index (χ3v) is 6.02. The Labute approximate surface area is 181 Å². The minimum Gasteiger partial charge on any atom is -0.465 e. The van der Waals surface area contributed by atoms with E-state index in [4.69, 9.17) is 14.2 Å². The van der Waals surface area contributed by atoms with Gasteiger partial charge in [-0.3, -0.25) is 9.10 Å². The molecule has 9 nitrogen and oxygen atoms in total. The number of anilines is 2.